The highest BCUT2D eigenvalue weighted by molar-refractivity contribution is 5.85. The lowest BCUT2D eigenvalue weighted by molar-refractivity contribution is -0.123. The van der Waals surface area contributed by atoms with E-state index in [1.807, 2.05) is 0 Å². The van der Waals surface area contributed by atoms with Crippen molar-refractivity contribution in [3.63, 3.8) is 0 Å². The topological polar surface area (TPSA) is 61.4 Å². The average Bonchev–Trinajstić information content (AvgIpc) is 2.96. The number of carbonyl (C=O) groups excluding carboxylic acids is 1. The van der Waals surface area contributed by atoms with E-state index in [1.54, 1.807) is 0 Å². The Bertz CT molecular complexity index is 475. The molecule has 1 saturated carbocycles. The molecule has 2 aliphatic rings. The Labute approximate surface area is 138 Å². The minimum absolute atomic E-state index is 0. The Hall–Kier alpha value is -1.10. The van der Waals surface area contributed by atoms with E-state index in [0.717, 1.165) is 25.7 Å². The van der Waals surface area contributed by atoms with E-state index in [9.17, 15) is 9.90 Å². The molecule has 4 nitrogen and oxygen atoms in total. The number of aliphatic hydroxyl groups excluding tert-OH is 1. The van der Waals surface area contributed by atoms with Crippen LogP contribution in [0.1, 0.15) is 43.6 Å². The molecule has 0 radical (unpaired) electrons. The Morgan fingerprint density at radius 1 is 1.14 bits per heavy atom. The molecule has 1 aliphatic heterocycles. The van der Waals surface area contributed by atoms with Crippen molar-refractivity contribution in [1.82, 2.24) is 10.6 Å². The number of rotatable bonds is 3. The fourth-order valence-corrected chi connectivity index (χ4v) is 3.51. The molecular formula is C17H25ClN2O2. The number of benzene rings is 1. The molecule has 2 atom stereocenters. The van der Waals surface area contributed by atoms with Gasteiger partial charge in [0.1, 0.15) is 0 Å². The molecule has 1 amide bonds. The molecule has 122 valence electrons. The van der Waals surface area contributed by atoms with Gasteiger partial charge >= 0.3 is 0 Å². The summed E-state index contributed by atoms with van der Waals surface area (Å²) < 4.78 is 0. The van der Waals surface area contributed by atoms with Crippen LogP contribution >= 0.6 is 12.4 Å². The standard InChI is InChI=1S/C17H24N2O2.ClH/c20-15-10-16(18-11-15)17(21)19-14-8-6-13(7-9-14)12-4-2-1-3-5-12;/h1-5,13-16,18,20H,6-11H2,(H,19,21);1H. The molecular weight excluding hydrogens is 300 g/mol. The summed E-state index contributed by atoms with van der Waals surface area (Å²) in [5.41, 5.74) is 1.42. The van der Waals surface area contributed by atoms with E-state index in [4.69, 9.17) is 0 Å². The number of halogens is 1. The third-order valence-electron chi connectivity index (χ3n) is 4.77. The molecule has 22 heavy (non-hydrogen) atoms. The van der Waals surface area contributed by atoms with Crippen molar-refractivity contribution >= 4 is 18.3 Å². The summed E-state index contributed by atoms with van der Waals surface area (Å²) in [6, 6.07) is 10.7. The van der Waals surface area contributed by atoms with E-state index in [0.29, 0.717) is 18.9 Å². The third-order valence-corrected chi connectivity index (χ3v) is 4.77. The second-order valence-electron chi connectivity index (χ2n) is 6.32. The molecule has 1 aromatic rings. The maximum atomic E-state index is 12.1. The highest BCUT2D eigenvalue weighted by atomic mass is 35.5. The first-order chi connectivity index (χ1) is 10.2. The average molecular weight is 325 g/mol. The van der Waals surface area contributed by atoms with Gasteiger partial charge in [-0.25, -0.2) is 0 Å². The van der Waals surface area contributed by atoms with Crippen molar-refractivity contribution in [2.24, 2.45) is 0 Å². The van der Waals surface area contributed by atoms with Crippen LogP contribution in [0.25, 0.3) is 0 Å². The minimum atomic E-state index is -0.380. The highest BCUT2D eigenvalue weighted by Gasteiger charge is 2.30. The van der Waals surface area contributed by atoms with Gasteiger partial charge in [0.15, 0.2) is 0 Å². The number of aliphatic hydroxyl groups is 1. The molecule has 0 spiro atoms. The Morgan fingerprint density at radius 2 is 1.82 bits per heavy atom. The SMILES string of the molecule is Cl.O=C(NC1CCC(c2ccccc2)CC1)C1CC(O)CN1. The molecule has 0 aromatic heterocycles. The first-order valence-electron chi connectivity index (χ1n) is 7.99. The van der Waals surface area contributed by atoms with E-state index < -0.39 is 0 Å². The molecule has 1 aliphatic carbocycles. The van der Waals surface area contributed by atoms with Crippen molar-refractivity contribution in [3.05, 3.63) is 35.9 Å². The zero-order valence-corrected chi connectivity index (χ0v) is 13.5. The van der Waals surface area contributed by atoms with Crippen LogP contribution in [0.15, 0.2) is 30.3 Å². The Kier molecular flexibility index (Phi) is 6.24. The highest BCUT2D eigenvalue weighted by Crippen LogP contribution is 2.32. The number of hydrogen-bond acceptors (Lipinski definition) is 3. The van der Waals surface area contributed by atoms with E-state index in [2.05, 4.69) is 41.0 Å². The summed E-state index contributed by atoms with van der Waals surface area (Å²) in [4.78, 5) is 12.1. The van der Waals surface area contributed by atoms with E-state index in [1.165, 1.54) is 5.56 Å². The van der Waals surface area contributed by atoms with Gasteiger partial charge in [0.05, 0.1) is 12.1 Å². The molecule has 5 heteroatoms. The molecule has 3 rings (SSSR count). The van der Waals surface area contributed by atoms with Crippen LogP contribution in [0, 0.1) is 0 Å². The fourth-order valence-electron chi connectivity index (χ4n) is 3.51. The van der Waals surface area contributed by atoms with Crippen molar-refractivity contribution in [3.8, 4) is 0 Å². The maximum absolute atomic E-state index is 12.1. The first-order valence-corrected chi connectivity index (χ1v) is 7.99. The number of amides is 1. The van der Waals surface area contributed by atoms with Crippen LogP contribution < -0.4 is 10.6 Å². The zero-order chi connectivity index (χ0) is 14.7. The van der Waals surface area contributed by atoms with Gasteiger partial charge in [-0.2, -0.15) is 0 Å². The van der Waals surface area contributed by atoms with Gasteiger partial charge in [-0.05, 0) is 43.6 Å². The molecule has 2 fully saturated rings. The Balaban J connectivity index is 0.00000176. The number of hydrogen-bond donors (Lipinski definition) is 3. The van der Waals surface area contributed by atoms with Crippen LogP contribution in [0.3, 0.4) is 0 Å². The van der Waals surface area contributed by atoms with Crippen LogP contribution in [0.2, 0.25) is 0 Å². The second-order valence-corrected chi connectivity index (χ2v) is 6.32. The van der Waals surface area contributed by atoms with Gasteiger partial charge in [0.25, 0.3) is 0 Å². The van der Waals surface area contributed by atoms with Crippen LogP contribution in [-0.2, 0) is 4.79 Å². The van der Waals surface area contributed by atoms with Crippen molar-refractivity contribution in [1.29, 1.82) is 0 Å². The van der Waals surface area contributed by atoms with Crippen LogP contribution in [0.5, 0.6) is 0 Å². The molecule has 2 unspecified atom stereocenters. The van der Waals surface area contributed by atoms with Crippen molar-refractivity contribution in [2.75, 3.05) is 6.54 Å². The van der Waals surface area contributed by atoms with Gasteiger partial charge < -0.3 is 15.7 Å². The van der Waals surface area contributed by atoms with Gasteiger partial charge in [0.2, 0.25) is 5.91 Å². The number of β-amino-alcohol motifs (C(OH)–C–C–N with tert-alkyl or cyclic N) is 1. The van der Waals surface area contributed by atoms with Crippen molar-refractivity contribution < 1.29 is 9.90 Å². The summed E-state index contributed by atoms with van der Waals surface area (Å²) in [6.45, 7) is 0.527. The van der Waals surface area contributed by atoms with E-state index in [-0.39, 0.29) is 36.5 Å². The molecule has 1 saturated heterocycles. The fraction of sp³-hybridized carbons (Fsp3) is 0.588. The summed E-state index contributed by atoms with van der Waals surface area (Å²) in [6.07, 6.45) is 4.51. The lowest BCUT2D eigenvalue weighted by atomic mass is 9.81. The molecule has 1 aromatic carbocycles. The normalized spacial score (nSPS) is 31.3. The monoisotopic (exact) mass is 324 g/mol. The van der Waals surface area contributed by atoms with Crippen molar-refractivity contribution in [2.45, 2.75) is 56.2 Å². The van der Waals surface area contributed by atoms with Crippen LogP contribution in [0.4, 0.5) is 0 Å². The third kappa shape index (κ3) is 4.22. The smallest absolute Gasteiger partial charge is 0.237 e. The first kappa shape index (κ1) is 17.3. The number of carbonyl (C=O) groups is 1. The van der Waals surface area contributed by atoms with E-state index >= 15 is 0 Å². The van der Waals surface area contributed by atoms with Gasteiger partial charge in [-0.3, -0.25) is 4.79 Å². The largest absolute Gasteiger partial charge is 0.392 e. The quantitative estimate of drug-likeness (QED) is 0.796. The predicted molar refractivity (Wildman–Crippen MR) is 89.2 cm³/mol. The Morgan fingerprint density at radius 3 is 2.41 bits per heavy atom. The number of nitrogens with one attached hydrogen (secondary N) is 2. The summed E-state index contributed by atoms with van der Waals surface area (Å²) in [7, 11) is 0. The molecule has 3 N–H and O–H groups in total. The maximum Gasteiger partial charge on any atom is 0.237 e. The lowest BCUT2D eigenvalue weighted by Crippen LogP contribution is -2.46. The van der Waals surface area contributed by atoms with Crippen LogP contribution in [-0.4, -0.2) is 35.7 Å². The lowest BCUT2D eigenvalue weighted by Gasteiger charge is -2.30. The zero-order valence-electron chi connectivity index (χ0n) is 12.7. The van der Waals surface area contributed by atoms with Gasteiger partial charge in [-0.15, -0.1) is 12.4 Å². The predicted octanol–water partition coefficient (Wildman–Crippen LogP) is 1.97. The summed E-state index contributed by atoms with van der Waals surface area (Å²) in [5.74, 6) is 0.681. The molecule has 1 heterocycles. The molecule has 0 bridgehead atoms. The second kappa shape index (κ2) is 7.95. The van der Waals surface area contributed by atoms with Gasteiger partial charge in [-0.1, -0.05) is 30.3 Å². The summed E-state index contributed by atoms with van der Waals surface area (Å²) >= 11 is 0. The van der Waals surface area contributed by atoms with Gasteiger partial charge in [0, 0.05) is 12.6 Å². The summed E-state index contributed by atoms with van der Waals surface area (Å²) in [5, 5.41) is 15.7. The minimum Gasteiger partial charge on any atom is -0.392 e.